The van der Waals surface area contributed by atoms with Crippen LogP contribution in [0.25, 0.3) is 0 Å². The second-order valence-electron chi connectivity index (χ2n) is 4.19. The molecule has 0 radical (unpaired) electrons. The minimum atomic E-state index is -0.0606. The Morgan fingerprint density at radius 2 is 1.75 bits per heavy atom. The topological polar surface area (TPSA) is 56.2 Å². The van der Waals surface area contributed by atoms with Gasteiger partial charge in [0, 0.05) is 5.56 Å². The van der Waals surface area contributed by atoms with Crippen molar-refractivity contribution in [1.29, 1.82) is 0 Å². The fourth-order valence-electron chi connectivity index (χ4n) is 1.71. The number of halogens is 2. The molecule has 2 aromatic rings. The lowest BCUT2D eigenvalue weighted by atomic mass is 10.1. The Morgan fingerprint density at radius 1 is 1.20 bits per heavy atom. The van der Waals surface area contributed by atoms with Gasteiger partial charge in [-0.3, -0.25) is 4.79 Å². The molecule has 1 aromatic heterocycles. The number of rotatable bonds is 4. The van der Waals surface area contributed by atoms with Crippen molar-refractivity contribution in [2.75, 3.05) is 12.8 Å². The van der Waals surface area contributed by atoms with Crippen LogP contribution in [-0.2, 0) is 6.54 Å². The van der Waals surface area contributed by atoms with Gasteiger partial charge in [-0.1, -0.05) is 23.2 Å². The Balaban J connectivity index is 2.18. The Hall–Kier alpha value is -1.78. The zero-order chi connectivity index (χ0) is 14.7. The molecule has 0 aliphatic heterocycles. The molecule has 0 unspecified atom stereocenters. The normalized spacial score (nSPS) is 10.3. The van der Waals surface area contributed by atoms with Crippen molar-refractivity contribution in [2.45, 2.75) is 6.54 Å². The van der Waals surface area contributed by atoms with E-state index in [0.29, 0.717) is 27.0 Å². The van der Waals surface area contributed by atoms with E-state index >= 15 is 0 Å². The van der Waals surface area contributed by atoms with Crippen molar-refractivity contribution in [3.05, 3.63) is 52.3 Å². The molecule has 0 aliphatic rings. The second-order valence-corrected chi connectivity index (χ2v) is 5.01. The van der Waals surface area contributed by atoms with Crippen LogP contribution in [0.1, 0.15) is 10.4 Å². The van der Waals surface area contributed by atoms with Gasteiger partial charge in [-0.2, -0.15) is 4.57 Å². The molecule has 0 aliphatic carbocycles. The largest absolute Gasteiger partial charge is 0.497 e. The third-order valence-corrected chi connectivity index (χ3v) is 3.41. The number of ether oxygens (including phenoxy) is 1. The maximum Gasteiger partial charge on any atom is 0.227 e. The van der Waals surface area contributed by atoms with Gasteiger partial charge in [0.25, 0.3) is 0 Å². The number of Topliss-reactive ketones (excluding diaryl/α,β-unsaturated/α-hetero) is 1. The summed E-state index contributed by atoms with van der Waals surface area (Å²) in [5.41, 5.74) is 6.54. The molecular weight excluding hydrogens is 299 g/mol. The van der Waals surface area contributed by atoms with E-state index in [1.165, 1.54) is 0 Å². The molecule has 0 amide bonds. The van der Waals surface area contributed by atoms with Crippen molar-refractivity contribution in [1.82, 2.24) is 0 Å². The number of nitrogens with two attached hydrogens (primary N) is 1. The lowest BCUT2D eigenvalue weighted by molar-refractivity contribution is -0.682. The average molecular weight is 312 g/mol. The third kappa shape index (κ3) is 3.21. The standard InChI is InChI=1S/C14H12Cl2N2O2/c1-20-10-4-2-9(3-5-10)13(19)8-18-6-11(15)14(17)12(16)7-18/h2-7,17H,8H2,1H3/p+1. The quantitative estimate of drug-likeness (QED) is 0.697. The minimum absolute atomic E-state index is 0.0606. The molecule has 2 N–H and O–H groups in total. The summed E-state index contributed by atoms with van der Waals surface area (Å²) in [6.07, 6.45) is 3.15. The van der Waals surface area contributed by atoms with Gasteiger partial charge in [-0.05, 0) is 24.3 Å². The first-order chi connectivity index (χ1) is 9.51. The number of ketones is 1. The smallest absolute Gasteiger partial charge is 0.227 e. The zero-order valence-electron chi connectivity index (χ0n) is 10.8. The van der Waals surface area contributed by atoms with Crippen molar-refractivity contribution >= 4 is 34.7 Å². The Kier molecular flexibility index (Phi) is 4.47. The van der Waals surface area contributed by atoms with E-state index in [-0.39, 0.29) is 12.3 Å². The lowest BCUT2D eigenvalue weighted by Crippen LogP contribution is -2.37. The highest BCUT2D eigenvalue weighted by Gasteiger charge is 2.16. The highest BCUT2D eigenvalue weighted by molar-refractivity contribution is 6.38. The summed E-state index contributed by atoms with van der Waals surface area (Å²) in [5, 5.41) is 0.639. The first-order valence-electron chi connectivity index (χ1n) is 5.82. The fraction of sp³-hybridized carbons (Fsp3) is 0.143. The van der Waals surface area contributed by atoms with Gasteiger partial charge < -0.3 is 10.5 Å². The van der Waals surface area contributed by atoms with Crippen molar-refractivity contribution in [2.24, 2.45) is 0 Å². The highest BCUT2D eigenvalue weighted by atomic mass is 35.5. The zero-order valence-corrected chi connectivity index (χ0v) is 12.3. The monoisotopic (exact) mass is 311 g/mol. The van der Waals surface area contributed by atoms with Crippen LogP contribution < -0.4 is 15.0 Å². The first kappa shape index (κ1) is 14.6. The number of carbonyl (C=O) groups excluding carboxylic acids is 1. The molecular formula is C14H13Cl2N2O2+. The Labute approximate surface area is 126 Å². The summed E-state index contributed by atoms with van der Waals surface area (Å²) in [5.74, 6) is 0.641. The average Bonchev–Trinajstić information content (AvgIpc) is 2.44. The van der Waals surface area contributed by atoms with Gasteiger partial charge in [-0.25, -0.2) is 0 Å². The molecule has 0 saturated heterocycles. The molecule has 104 valence electrons. The summed E-state index contributed by atoms with van der Waals surface area (Å²) in [6.45, 7) is 0.131. The fourth-order valence-corrected chi connectivity index (χ4v) is 2.21. The van der Waals surface area contributed by atoms with Gasteiger partial charge in [0.1, 0.15) is 15.8 Å². The van der Waals surface area contributed by atoms with Gasteiger partial charge >= 0.3 is 0 Å². The molecule has 20 heavy (non-hydrogen) atoms. The molecule has 0 saturated carbocycles. The lowest BCUT2D eigenvalue weighted by Gasteiger charge is -2.03. The third-order valence-electron chi connectivity index (χ3n) is 2.81. The van der Waals surface area contributed by atoms with Crippen LogP contribution in [0.4, 0.5) is 5.69 Å². The summed E-state index contributed by atoms with van der Waals surface area (Å²) < 4.78 is 6.65. The summed E-state index contributed by atoms with van der Waals surface area (Å²) in [6, 6.07) is 6.90. The van der Waals surface area contributed by atoms with Crippen LogP contribution in [0.2, 0.25) is 10.0 Å². The van der Waals surface area contributed by atoms with Gasteiger partial charge in [-0.15, -0.1) is 0 Å². The number of nitrogens with zero attached hydrogens (tertiary/aromatic N) is 1. The van der Waals surface area contributed by atoms with Gasteiger partial charge in [0.05, 0.1) is 12.8 Å². The molecule has 0 fully saturated rings. The van der Waals surface area contributed by atoms with Crippen LogP contribution in [0.5, 0.6) is 5.75 Å². The van der Waals surface area contributed by atoms with E-state index in [2.05, 4.69) is 0 Å². The predicted octanol–water partition coefficient (Wildman–Crippen LogP) is 2.75. The molecule has 0 bridgehead atoms. The number of pyridine rings is 1. The van der Waals surface area contributed by atoms with E-state index in [9.17, 15) is 4.79 Å². The van der Waals surface area contributed by atoms with E-state index < -0.39 is 0 Å². The van der Waals surface area contributed by atoms with E-state index in [1.54, 1.807) is 48.3 Å². The maximum absolute atomic E-state index is 12.1. The van der Waals surface area contributed by atoms with Gasteiger partial charge in [0.15, 0.2) is 12.4 Å². The number of anilines is 1. The number of hydrogen-bond acceptors (Lipinski definition) is 3. The van der Waals surface area contributed by atoms with Crippen LogP contribution in [0.15, 0.2) is 36.7 Å². The number of benzene rings is 1. The van der Waals surface area contributed by atoms with Crippen LogP contribution in [-0.4, -0.2) is 12.9 Å². The first-order valence-corrected chi connectivity index (χ1v) is 6.57. The molecule has 1 heterocycles. The van der Waals surface area contributed by atoms with Gasteiger partial charge in [0.2, 0.25) is 12.3 Å². The number of methoxy groups -OCH3 is 1. The Morgan fingerprint density at radius 3 is 2.25 bits per heavy atom. The highest BCUT2D eigenvalue weighted by Crippen LogP contribution is 2.24. The summed E-state index contributed by atoms with van der Waals surface area (Å²) in [4.78, 5) is 12.1. The van der Waals surface area contributed by atoms with Crippen molar-refractivity contribution < 1.29 is 14.1 Å². The van der Waals surface area contributed by atoms with Crippen LogP contribution >= 0.6 is 23.2 Å². The molecule has 6 heteroatoms. The number of nitrogen functional groups attached to an aromatic ring is 1. The van der Waals surface area contributed by atoms with E-state index in [0.717, 1.165) is 0 Å². The number of hydrogen-bond donors (Lipinski definition) is 1. The minimum Gasteiger partial charge on any atom is -0.497 e. The van der Waals surface area contributed by atoms with Crippen LogP contribution in [0, 0.1) is 0 Å². The molecule has 0 atom stereocenters. The Bertz CT molecular complexity index is 619. The number of carbonyl (C=O) groups is 1. The molecule has 2 rings (SSSR count). The van der Waals surface area contributed by atoms with E-state index in [1.807, 2.05) is 0 Å². The predicted molar refractivity (Wildman–Crippen MR) is 78.4 cm³/mol. The maximum atomic E-state index is 12.1. The summed E-state index contributed by atoms with van der Waals surface area (Å²) in [7, 11) is 1.57. The molecule has 4 nitrogen and oxygen atoms in total. The van der Waals surface area contributed by atoms with Crippen LogP contribution in [0.3, 0.4) is 0 Å². The molecule has 1 aromatic carbocycles. The van der Waals surface area contributed by atoms with Crippen molar-refractivity contribution in [3.8, 4) is 5.75 Å². The SMILES string of the molecule is COc1ccc(C(=O)C[n+]2cc(Cl)c(N)c(Cl)c2)cc1. The van der Waals surface area contributed by atoms with Crippen molar-refractivity contribution in [3.63, 3.8) is 0 Å². The number of aromatic nitrogens is 1. The summed E-state index contributed by atoms with van der Waals surface area (Å²) >= 11 is 11.9. The van der Waals surface area contributed by atoms with E-state index in [4.69, 9.17) is 33.7 Å². The molecule has 0 spiro atoms. The second kappa shape index (κ2) is 6.11.